The van der Waals surface area contributed by atoms with E-state index in [4.69, 9.17) is 4.74 Å². The lowest BCUT2D eigenvalue weighted by atomic mass is 10.1. The van der Waals surface area contributed by atoms with Crippen molar-refractivity contribution in [3.8, 4) is 5.75 Å². The summed E-state index contributed by atoms with van der Waals surface area (Å²) in [5, 5.41) is 7.88. The number of benzene rings is 1. The van der Waals surface area contributed by atoms with E-state index in [2.05, 4.69) is 15.6 Å². The van der Waals surface area contributed by atoms with Crippen LogP contribution in [0.5, 0.6) is 5.75 Å². The number of aromatic nitrogens is 1. The summed E-state index contributed by atoms with van der Waals surface area (Å²) in [6.45, 7) is 4.05. The number of nitrogens with zero attached hydrogens (tertiary/aromatic N) is 3. The Labute approximate surface area is 185 Å². The molecule has 2 N–H and O–H groups in total. The highest BCUT2D eigenvalue weighted by molar-refractivity contribution is 7.13. The van der Waals surface area contributed by atoms with E-state index in [1.807, 2.05) is 24.3 Å². The lowest BCUT2D eigenvalue weighted by molar-refractivity contribution is -0.130. The van der Waals surface area contributed by atoms with E-state index in [0.717, 1.165) is 11.3 Å². The molecule has 10 heteroatoms. The van der Waals surface area contributed by atoms with Gasteiger partial charge in [0.05, 0.1) is 19.2 Å². The Morgan fingerprint density at radius 2 is 1.84 bits per heavy atom. The van der Waals surface area contributed by atoms with E-state index in [-0.39, 0.29) is 24.3 Å². The number of piperazine rings is 1. The summed E-state index contributed by atoms with van der Waals surface area (Å²) in [7, 11) is 1.63. The number of amides is 4. The fourth-order valence-corrected chi connectivity index (χ4v) is 4.01. The number of ether oxygens (including phenoxy) is 1. The van der Waals surface area contributed by atoms with E-state index in [0.29, 0.717) is 50.0 Å². The molecule has 1 saturated heterocycles. The third-order valence-corrected chi connectivity index (χ3v) is 5.84. The van der Waals surface area contributed by atoms with Crippen LogP contribution < -0.4 is 15.4 Å². The van der Waals surface area contributed by atoms with Gasteiger partial charge >= 0.3 is 6.03 Å². The number of para-hydroxylation sites is 1. The molecule has 0 aliphatic carbocycles. The van der Waals surface area contributed by atoms with E-state index >= 15 is 0 Å². The maximum Gasteiger partial charge on any atom is 0.323 e. The van der Waals surface area contributed by atoms with E-state index in [9.17, 15) is 14.4 Å². The summed E-state index contributed by atoms with van der Waals surface area (Å²) in [4.78, 5) is 43.7. The Balaban J connectivity index is 1.41. The summed E-state index contributed by atoms with van der Waals surface area (Å²) in [6.07, 6.45) is 0.820. The third-order valence-electron chi connectivity index (χ3n) is 5.03. The highest BCUT2D eigenvalue weighted by Crippen LogP contribution is 2.18. The van der Waals surface area contributed by atoms with Crippen LogP contribution in [0.25, 0.3) is 0 Å². The van der Waals surface area contributed by atoms with Crippen molar-refractivity contribution in [1.29, 1.82) is 0 Å². The molecule has 3 rings (SSSR count). The average Bonchev–Trinajstić information content (AvgIpc) is 3.20. The molecular weight excluding hydrogens is 418 g/mol. The molecule has 0 spiro atoms. The molecule has 9 nitrogen and oxygen atoms in total. The minimum Gasteiger partial charge on any atom is -0.496 e. The van der Waals surface area contributed by atoms with E-state index in [1.54, 1.807) is 22.3 Å². The molecule has 1 aliphatic heterocycles. The van der Waals surface area contributed by atoms with Crippen molar-refractivity contribution in [2.45, 2.75) is 19.8 Å². The van der Waals surface area contributed by atoms with Gasteiger partial charge in [0, 0.05) is 45.0 Å². The zero-order valence-corrected chi connectivity index (χ0v) is 18.5. The first-order valence-electron chi connectivity index (χ1n) is 10.1. The van der Waals surface area contributed by atoms with Gasteiger partial charge in [0.1, 0.15) is 5.75 Å². The fraction of sp³-hybridized carbons (Fsp3) is 0.429. The van der Waals surface area contributed by atoms with Gasteiger partial charge in [0.2, 0.25) is 11.8 Å². The van der Waals surface area contributed by atoms with Crippen molar-refractivity contribution in [3.63, 3.8) is 0 Å². The van der Waals surface area contributed by atoms with Gasteiger partial charge in [-0.2, -0.15) is 0 Å². The van der Waals surface area contributed by atoms with Crippen molar-refractivity contribution in [3.05, 3.63) is 40.9 Å². The molecule has 2 aromatic rings. The number of carbonyl (C=O) groups is 3. The van der Waals surface area contributed by atoms with Crippen LogP contribution in [0.1, 0.15) is 18.2 Å². The number of thiazole rings is 1. The smallest absolute Gasteiger partial charge is 0.323 e. The average molecular weight is 446 g/mol. The number of hydrogen-bond donors (Lipinski definition) is 2. The quantitative estimate of drug-likeness (QED) is 0.676. The lowest BCUT2D eigenvalue weighted by Crippen LogP contribution is -2.51. The number of anilines is 1. The number of nitrogens with one attached hydrogen (secondary N) is 2. The predicted octanol–water partition coefficient (Wildman–Crippen LogP) is 1.75. The van der Waals surface area contributed by atoms with Gasteiger partial charge in [-0.3, -0.25) is 14.9 Å². The topological polar surface area (TPSA) is 104 Å². The molecule has 1 aromatic carbocycles. The van der Waals surface area contributed by atoms with Crippen LogP contribution in [0.3, 0.4) is 0 Å². The first kappa shape index (κ1) is 22.5. The minimum absolute atomic E-state index is 0.0193. The summed E-state index contributed by atoms with van der Waals surface area (Å²) in [5.41, 5.74) is 1.64. The van der Waals surface area contributed by atoms with Gasteiger partial charge in [-0.05, 0) is 18.1 Å². The first-order valence-corrected chi connectivity index (χ1v) is 11.0. The number of methoxy groups -OCH3 is 1. The molecule has 0 atom stereocenters. The Hall–Kier alpha value is -3.14. The second kappa shape index (κ2) is 10.8. The third kappa shape index (κ3) is 6.42. The first-order chi connectivity index (χ1) is 15.0. The number of carbonyl (C=O) groups excluding carboxylic acids is 3. The van der Waals surface area contributed by atoms with Crippen LogP contribution in [-0.4, -0.2) is 72.5 Å². The lowest BCUT2D eigenvalue weighted by Gasteiger charge is -2.33. The Morgan fingerprint density at radius 3 is 2.55 bits per heavy atom. The fourth-order valence-electron chi connectivity index (χ4n) is 3.31. The maximum atomic E-state index is 12.4. The molecule has 0 unspecified atom stereocenters. The molecule has 1 aromatic heterocycles. The zero-order chi connectivity index (χ0) is 22.2. The van der Waals surface area contributed by atoms with Gasteiger partial charge in [-0.1, -0.05) is 18.2 Å². The monoisotopic (exact) mass is 445 g/mol. The van der Waals surface area contributed by atoms with E-state index < -0.39 is 0 Å². The highest BCUT2D eigenvalue weighted by atomic mass is 32.1. The van der Waals surface area contributed by atoms with Gasteiger partial charge in [0.25, 0.3) is 0 Å². The van der Waals surface area contributed by atoms with Crippen molar-refractivity contribution in [2.75, 3.05) is 45.2 Å². The van der Waals surface area contributed by atoms with Gasteiger partial charge < -0.3 is 19.9 Å². The number of urea groups is 1. The molecule has 31 heavy (non-hydrogen) atoms. The van der Waals surface area contributed by atoms with Crippen LogP contribution in [0, 0.1) is 0 Å². The summed E-state index contributed by atoms with van der Waals surface area (Å²) in [6, 6.07) is 7.47. The minimum atomic E-state index is -0.245. The molecular formula is C21H27N5O4S. The Morgan fingerprint density at radius 1 is 1.13 bits per heavy atom. The van der Waals surface area contributed by atoms with Crippen LogP contribution in [0.4, 0.5) is 9.93 Å². The zero-order valence-electron chi connectivity index (χ0n) is 17.7. The Bertz CT molecular complexity index is 924. The highest BCUT2D eigenvalue weighted by Gasteiger charge is 2.23. The Kier molecular flexibility index (Phi) is 7.82. The van der Waals surface area contributed by atoms with E-state index in [1.165, 1.54) is 18.3 Å². The van der Waals surface area contributed by atoms with Crippen LogP contribution in [0.2, 0.25) is 0 Å². The SMILES string of the molecule is COc1ccccc1CCNC(=O)Cc1csc(NC(=O)N2CCN(C(C)=O)CC2)n1. The number of rotatable bonds is 7. The molecule has 1 aliphatic rings. The second-order valence-electron chi connectivity index (χ2n) is 7.16. The molecule has 166 valence electrons. The molecule has 2 heterocycles. The van der Waals surface area contributed by atoms with Crippen LogP contribution in [-0.2, 0) is 22.4 Å². The predicted molar refractivity (Wildman–Crippen MR) is 118 cm³/mol. The molecule has 0 radical (unpaired) electrons. The van der Waals surface area contributed by atoms with Crippen molar-refractivity contribution in [2.24, 2.45) is 0 Å². The largest absolute Gasteiger partial charge is 0.496 e. The van der Waals surface area contributed by atoms with Gasteiger partial charge in [-0.15, -0.1) is 11.3 Å². The molecule has 1 fully saturated rings. The van der Waals surface area contributed by atoms with Gasteiger partial charge in [0.15, 0.2) is 5.13 Å². The van der Waals surface area contributed by atoms with Crippen molar-refractivity contribution >= 4 is 34.3 Å². The second-order valence-corrected chi connectivity index (χ2v) is 8.01. The standard InChI is InChI=1S/C21H27N5O4S/c1-15(27)25-9-11-26(12-10-25)21(29)24-20-23-17(14-31-20)13-19(28)22-8-7-16-5-3-4-6-18(16)30-2/h3-6,14H,7-13H2,1-2H3,(H,22,28)(H,23,24,29). The van der Waals surface area contributed by atoms with Crippen LogP contribution in [0.15, 0.2) is 29.6 Å². The van der Waals surface area contributed by atoms with Crippen molar-refractivity contribution in [1.82, 2.24) is 20.1 Å². The molecule has 0 bridgehead atoms. The molecule has 4 amide bonds. The summed E-state index contributed by atoms with van der Waals surface area (Å²) in [5.74, 6) is 0.698. The van der Waals surface area contributed by atoms with Crippen molar-refractivity contribution < 1.29 is 19.1 Å². The number of hydrogen-bond acceptors (Lipinski definition) is 6. The maximum absolute atomic E-state index is 12.4. The molecule has 0 saturated carbocycles. The van der Waals surface area contributed by atoms with Crippen LogP contribution >= 0.6 is 11.3 Å². The summed E-state index contributed by atoms with van der Waals surface area (Å²) >= 11 is 1.28. The summed E-state index contributed by atoms with van der Waals surface area (Å²) < 4.78 is 5.32. The normalized spacial score (nSPS) is 13.6. The van der Waals surface area contributed by atoms with Gasteiger partial charge in [-0.25, -0.2) is 9.78 Å².